The highest BCUT2D eigenvalue weighted by atomic mass is 16.5. The van der Waals surface area contributed by atoms with Crippen LogP contribution in [0.2, 0.25) is 0 Å². The molecular formula is C18H22N2O2. The van der Waals surface area contributed by atoms with Gasteiger partial charge in [-0.05, 0) is 36.6 Å². The van der Waals surface area contributed by atoms with Crippen molar-refractivity contribution in [2.75, 3.05) is 20.2 Å². The van der Waals surface area contributed by atoms with Crippen molar-refractivity contribution in [2.24, 2.45) is 0 Å². The van der Waals surface area contributed by atoms with Crippen molar-refractivity contribution in [1.29, 1.82) is 0 Å². The van der Waals surface area contributed by atoms with Crippen molar-refractivity contribution in [2.45, 2.75) is 26.2 Å². The number of aromatic nitrogens is 1. The third-order valence-electron chi connectivity index (χ3n) is 4.26. The summed E-state index contributed by atoms with van der Waals surface area (Å²) in [5.41, 5.74) is 3.64. The van der Waals surface area contributed by atoms with Gasteiger partial charge >= 0.3 is 0 Å². The molecule has 1 amide bonds. The number of methoxy groups -OCH3 is 1. The van der Waals surface area contributed by atoms with E-state index in [-0.39, 0.29) is 5.91 Å². The van der Waals surface area contributed by atoms with Crippen LogP contribution in [-0.4, -0.2) is 36.0 Å². The van der Waals surface area contributed by atoms with E-state index in [0.717, 1.165) is 30.7 Å². The molecule has 2 aromatic rings. The van der Waals surface area contributed by atoms with Crippen LogP contribution in [0.1, 0.15) is 31.7 Å². The van der Waals surface area contributed by atoms with Gasteiger partial charge in [-0.15, -0.1) is 0 Å². The number of amides is 1. The zero-order valence-corrected chi connectivity index (χ0v) is 13.2. The fraction of sp³-hybridized carbons (Fsp3) is 0.389. The number of hydrogen-bond donors (Lipinski definition) is 1. The van der Waals surface area contributed by atoms with Crippen LogP contribution in [0.15, 0.2) is 30.5 Å². The minimum atomic E-state index is 0.262. The molecule has 1 aliphatic rings. The number of carbonyl (C=O) groups is 1. The lowest BCUT2D eigenvalue weighted by molar-refractivity contribution is -0.130. The van der Waals surface area contributed by atoms with Gasteiger partial charge in [-0.2, -0.15) is 0 Å². The second-order valence-corrected chi connectivity index (χ2v) is 5.68. The van der Waals surface area contributed by atoms with Crippen molar-refractivity contribution in [1.82, 2.24) is 9.88 Å². The number of nitrogens with zero attached hydrogens (tertiary/aromatic N) is 1. The first-order chi connectivity index (χ1) is 10.7. The summed E-state index contributed by atoms with van der Waals surface area (Å²) in [5.74, 6) is 1.13. The molecule has 0 spiro atoms. The van der Waals surface area contributed by atoms with Gasteiger partial charge in [0.25, 0.3) is 0 Å². The van der Waals surface area contributed by atoms with E-state index in [1.54, 1.807) is 7.11 Å². The Kier molecular flexibility index (Phi) is 4.18. The Hall–Kier alpha value is -2.23. The predicted molar refractivity (Wildman–Crippen MR) is 88.9 cm³/mol. The quantitative estimate of drug-likeness (QED) is 0.937. The molecule has 0 radical (unpaired) electrons. The van der Waals surface area contributed by atoms with Crippen molar-refractivity contribution >= 4 is 22.4 Å². The van der Waals surface area contributed by atoms with E-state index in [1.165, 1.54) is 16.5 Å². The maximum atomic E-state index is 12.0. The normalized spacial score (nSPS) is 15.0. The molecule has 0 saturated heterocycles. The molecule has 1 aromatic heterocycles. The number of H-pyrrole nitrogens is 1. The number of carbonyl (C=O) groups excluding carboxylic acids is 1. The second kappa shape index (κ2) is 6.26. The highest BCUT2D eigenvalue weighted by molar-refractivity contribution is 5.94. The van der Waals surface area contributed by atoms with Gasteiger partial charge in [-0.25, -0.2) is 0 Å². The molecule has 1 aliphatic heterocycles. The third-order valence-corrected chi connectivity index (χ3v) is 4.26. The Morgan fingerprint density at radius 2 is 2.27 bits per heavy atom. The van der Waals surface area contributed by atoms with Crippen LogP contribution in [0.25, 0.3) is 16.5 Å². The van der Waals surface area contributed by atoms with E-state index >= 15 is 0 Å². The Morgan fingerprint density at radius 1 is 1.41 bits per heavy atom. The monoisotopic (exact) mass is 298 g/mol. The summed E-state index contributed by atoms with van der Waals surface area (Å²) in [6, 6.07) is 6.07. The lowest BCUT2D eigenvalue weighted by Crippen LogP contribution is -2.34. The molecule has 0 atom stereocenters. The molecule has 116 valence electrons. The second-order valence-electron chi connectivity index (χ2n) is 5.68. The first kappa shape index (κ1) is 14.7. The van der Waals surface area contributed by atoms with Gasteiger partial charge in [0.2, 0.25) is 5.91 Å². The van der Waals surface area contributed by atoms with E-state index in [0.29, 0.717) is 13.0 Å². The largest absolute Gasteiger partial charge is 0.497 e. The molecule has 22 heavy (non-hydrogen) atoms. The fourth-order valence-electron chi connectivity index (χ4n) is 3.00. The topological polar surface area (TPSA) is 45.3 Å². The Labute approximate surface area is 130 Å². The number of ether oxygens (including phenoxy) is 1. The molecule has 0 unspecified atom stereocenters. The van der Waals surface area contributed by atoms with Crippen LogP contribution in [0.4, 0.5) is 0 Å². The molecule has 2 heterocycles. The molecular weight excluding hydrogens is 276 g/mol. The predicted octanol–water partition coefficient (Wildman–Crippen LogP) is 3.59. The summed E-state index contributed by atoms with van der Waals surface area (Å²) in [6.45, 7) is 3.56. The van der Waals surface area contributed by atoms with Crippen LogP contribution in [0.3, 0.4) is 0 Å². The van der Waals surface area contributed by atoms with Gasteiger partial charge in [0.1, 0.15) is 5.75 Å². The number of rotatable bonds is 4. The zero-order chi connectivity index (χ0) is 15.5. The number of hydrogen-bond acceptors (Lipinski definition) is 2. The van der Waals surface area contributed by atoms with Crippen molar-refractivity contribution in [3.8, 4) is 5.75 Å². The third kappa shape index (κ3) is 2.73. The van der Waals surface area contributed by atoms with Gasteiger partial charge in [0.05, 0.1) is 7.11 Å². The molecule has 3 rings (SSSR count). The minimum absolute atomic E-state index is 0.262. The van der Waals surface area contributed by atoms with Crippen LogP contribution < -0.4 is 4.74 Å². The van der Waals surface area contributed by atoms with Crippen LogP contribution in [-0.2, 0) is 4.79 Å². The van der Waals surface area contributed by atoms with Gasteiger partial charge in [-0.1, -0.05) is 13.0 Å². The maximum Gasteiger partial charge on any atom is 0.222 e. The highest BCUT2D eigenvalue weighted by Gasteiger charge is 2.18. The van der Waals surface area contributed by atoms with Crippen molar-refractivity contribution < 1.29 is 9.53 Å². The highest BCUT2D eigenvalue weighted by Crippen LogP contribution is 2.31. The Morgan fingerprint density at radius 3 is 2.95 bits per heavy atom. The lowest BCUT2D eigenvalue weighted by Gasteiger charge is -2.26. The standard InChI is InChI=1S/C18H22N2O2/c1-3-4-18(21)20-9-7-13(8-10-20)16-12-19-17-6-5-14(22-2)11-15(16)17/h5-7,11-12,19H,3-4,8-10H2,1-2H3. The Bertz CT molecular complexity index is 715. The van der Waals surface area contributed by atoms with Gasteiger partial charge in [-0.3, -0.25) is 4.79 Å². The Balaban J connectivity index is 1.85. The maximum absolute atomic E-state index is 12.0. The van der Waals surface area contributed by atoms with Gasteiger partial charge < -0.3 is 14.6 Å². The van der Waals surface area contributed by atoms with E-state index in [9.17, 15) is 4.79 Å². The summed E-state index contributed by atoms with van der Waals surface area (Å²) < 4.78 is 5.32. The smallest absolute Gasteiger partial charge is 0.222 e. The van der Waals surface area contributed by atoms with Crippen molar-refractivity contribution in [3.05, 3.63) is 36.0 Å². The summed E-state index contributed by atoms with van der Waals surface area (Å²) in [6.07, 6.45) is 6.69. The van der Waals surface area contributed by atoms with Crippen LogP contribution in [0.5, 0.6) is 5.75 Å². The SMILES string of the molecule is CCCC(=O)N1CC=C(c2c[nH]c3ccc(OC)cc23)CC1. The molecule has 4 heteroatoms. The number of fused-ring (bicyclic) bond motifs is 1. The molecule has 4 nitrogen and oxygen atoms in total. The van der Waals surface area contributed by atoms with E-state index in [4.69, 9.17) is 4.74 Å². The fourth-order valence-corrected chi connectivity index (χ4v) is 3.00. The van der Waals surface area contributed by atoms with E-state index in [1.807, 2.05) is 24.0 Å². The molecule has 1 aromatic carbocycles. The number of aromatic amines is 1. The zero-order valence-electron chi connectivity index (χ0n) is 13.2. The average Bonchev–Trinajstić information content (AvgIpc) is 2.98. The first-order valence-electron chi connectivity index (χ1n) is 7.85. The number of nitrogens with one attached hydrogen (secondary N) is 1. The minimum Gasteiger partial charge on any atom is -0.497 e. The first-order valence-corrected chi connectivity index (χ1v) is 7.85. The molecule has 0 bridgehead atoms. The van der Waals surface area contributed by atoms with Crippen LogP contribution >= 0.6 is 0 Å². The summed E-state index contributed by atoms with van der Waals surface area (Å²) in [4.78, 5) is 17.2. The van der Waals surface area contributed by atoms with E-state index in [2.05, 4.69) is 23.3 Å². The summed E-state index contributed by atoms with van der Waals surface area (Å²) >= 11 is 0. The molecule has 1 N–H and O–H groups in total. The average molecular weight is 298 g/mol. The number of benzene rings is 1. The summed E-state index contributed by atoms with van der Waals surface area (Å²) in [5, 5.41) is 1.18. The van der Waals surface area contributed by atoms with Gasteiger partial charge in [0, 0.05) is 42.2 Å². The molecule has 0 fully saturated rings. The van der Waals surface area contributed by atoms with Crippen molar-refractivity contribution in [3.63, 3.8) is 0 Å². The van der Waals surface area contributed by atoms with Gasteiger partial charge in [0.15, 0.2) is 0 Å². The lowest BCUT2D eigenvalue weighted by atomic mass is 9.98. The molecule has 0 aliphatic carbocycles. The van der Waals surface area contributed by atoms with E-state index < -0.39 is 0 Å². The van der Waals surface area contributed by atoms with Crippen LogP contribution in [0, 0.1) is 0 Å². The summed E-state index contributed by atoms with van der Waals surface area (Å²) in [7, 11) is 1.69. The molecule has 0 saturated carbocycles.